The fourth-order valence-electron chi connectivity index (χ4n) is 5.29. The molecule has 9 nitrogen and oxygen atoms in total. The van der Waals surface area contributed by atoms with Gasteiger partial charge in [-0.25, -0.2) is 4.79 Å². The smallest absolute Gasteiger partial charge is 0.430 e. The van der Waals surface area contributed by atoms with Crippen molar-refractivity contribution in [1.29, 1.82) is 5.41 Å². The fraction of sp³-hybridized carbons (Fsp3) is 0.444. The fourth-order valence-corrected chi connectivity index (χ4v) is 5.29. The molecule has 4 N–H and O–H groups in total. The SMILES string of the molecule is N=C(N)c1ccc(N2CCN(C3CC[N+](CC(=O)O)(Cc4ccccc4)CC3)CC2)cc1.O=C([O-])C(F)(F)F. The molecule has 2 fully saturated rings. The van der Waals surface area contributed by atoms with E-state index in [0.717, 1.165) is 64.2 Å². The summed E-state index contributed by atoms with van der Waals surface area (Å²) >= 11 is 0. The number of nitrogen functional groups attached to an aromatic ring is 1. The van der Waals surface area contributed by atoms with E-state index < -0.39 is 18.1 Å². The summed E-state index contributed by atoms with van der Waals surface area (Å²) in [6, 6.07) is 18.8. The number of anilines is 1. The van der Waals surface area contributed by atoms with Crippen LogP contribution in [0.15, 0.2) is 54.6 Å². The van der Waals surface area contributed by atoms with Gasteiger partial charge < -0.3 is 30.1 Å². The molecule has 12 heteroatoms. The Kier molecular flexibility index (Phi) is 9.92. The standard InChI is InChI=1S/C25H33N5O2.C2HF3O2/c26-25(27)21-6-8-22(9-7-21)28-12-14-29(15-13-28)23-10-16-30(17-11-23,19-24(31)32)18-20-4-2-1-3-5-20;3-2(4,5)1(6)7/h1-9,23H,10-19H2,(H3-,26,27,31,32);(H,6,7). The second kappa shape index (κ2) is 12.9. The Morgan fingerprint density at radius 1 is 1.00 bits per heavy atom. The van der Waals surface area contributed by atoms with E-state index in [9.17, 15) is 23.1 Å². The van der Waals surface area contributed by atoms with Crippen molar-refractivity contribution in [1.82, 2.24) is 4.90 Å². The van der Waals surface area contributed by atoms with Crippen LogP contribution in [0.4, 0.5) is 18.9 Å². The van der Waals surface area contributed by atoms with Crippen molar-refractivity contribution < 1.29 is 37.5 Å². The monoisotopic (exact) mass is 549 g/mol. The van der Waals surface area contributed by atoms with Crippen LogP contribution in [0.5, 0.6) is 0 Å². The van der Waals surface area contributed by atoms with E-state index in [-0.39, 0.29) is 12.4 Å². The topological polar surface area (TPSA) is 134 Å². The Hall–Kier alpha value is -3.64. The highest BCUT2D eigenvalue weighted by Crippen LogP contribution is 2.27. The van der Waals surface area contributed by atoms with Crippen LogP contribution in [-0.4, -0.2) is 90.3 Å². The number of carbonyl (C=O) groups is 2. The van der Waals surface area contributed by atoms with Crippen LogP contribution < -0.4 is 15.7 Å². The minimum atomic E-state index is -5.19. The molecule has 0 saturated carbocycles. The quantitative estimate of drug-likeness (QED) is 0.272. The molecule has 2 aromatic carbocycles. The maximum Gasteiger partial charge on any atom is 0.430 e. The number of piperidine rings is 1. The third-order valence-electron chi connectivity index (χ3n) is 7.31. The lowest BCUT2D eigenvalue weighted by Crippen LogP contribution is -2.59. The van der Waals surface area contributed by atoms with Gasteiger partial charge in [-0.15, -0.1) is 0 Å². The highest BCUT2D eigenvalue weighted by Gasteiger charge is 2.38. The van der Waals surface area contributed by atoms with Crippen molar-refractivity contribution >= 4 is 23.5 Å². The van der Waals surface area contributed by atoms with Crippen LogP contribution in [0.25, 0.3) is 0 Å². The van der Waals surface area contributed by atoms with Gasteiger partial charge in [-0.2, -0.15) is 13.2 Å². The van der Waals surface area contributed by atoms with Gasteiger partial charge in [-0.05, 0) is 24.3 Å². The van der Waals surface area contributed by atoms with Gasteiger partial charge in [0.15, 0.2) is 6.54 Å². The summed E-state index contributed by atoms with van der Waals surface area (Å²) < 4.78 is 32.2. The molecule has 0 spiro atoms. The number of nitrogens with two attached hydrogens (primary N) is 1. The molecule has 2 aromatic rings. The highest BCUT2D eigenvalue weighted by molar-refractivity contribution is 5.95. The van der Waals surface area contributed by atoms with E-state index in [2.05, 4.69) is 21.9 Å². The van der Waals surface area contributed by atoms with Crippen molar-refractivity contribution in [3.05, 3.63) is 65.7 Å². The predicted molar refractivity (Wildman–Crippen MR) is 138 cm³/mol. The lowest BCUT2D eigenvalue weighted by molar-refractivity contribution is -0.939. The molecule has 2 heterocycles. The predicted octanol–water partition coefficient (Wildman–Crippen LogP) is 1.66. The number of benzene rings is 2. The molecule has 0 bridgehead atoms. The number of rotatable bonds is 7. The number of carboxylic acids is 2. The van der Waals surface area contributed by atoms with Crippen molar-refractivity contribution in [2.24, 2.45) is 5.73 Å². The van der Waals surface area contributed by atoms with E-state index in [1.165, 1.54) is 11.3 Å². The van der Waals surface area contributed by atoms with Crippen molar-refractivity contribution in [3.63, 3.8) is 0 Å². The highest BCUT2D eigenvalue weighted by atomic mass is 19.4. The number of nitrogens with one attached hydrogen (secondary N) is 1. The molecule has 2 saturated heterocycles. The summed E-state index contributed by atoms with van der Waals surface area (Å²) in [6.07, 6.45) is -3.10. The average Bonchev–Trinajstić information content (AvgIpc) is 2.89. The third-order valence-corrected chi connectivity index (χ3v) is 7.31. The largest absolute Gasteiger partial charge is 0.542 e. The van der Waals surface area contributed by atoms with Gasteiger partial charge in [-0.3, -0.25) is 10.3 Å². The van der Waals surface area contributed by atoms with Gasteiger partial charge in [0.25, 0.3) is 0 Å². The van der Waals surface area contributed by atoms with Gasteiger partial charge >= 0.3 is 12.1 Å². The molecule has 0 aliphatic carbocycles. The first kappa shape index (κ1) is 29.9. The number of carboxylic acid groups (broad SMARTS) is 2. The lowest BCUT2D eigenvalue weighted by atomic mass is 9.98. The number of halogens is 3. The Labute approximate surface area is 225 Å². The number of alkyl halides is 3. The number of likely N-dealkylation sites (tertiary alicyclic amines) is 1. The van der Waals surface area contributed by atoms with Gasteiger partial charge in [0.1, 0.15) is 18.3 Å². The van der Waals surface area contributed by atoms with Crippen LogP contribution in [0.1, 0.15) is 24.0 Å². The molecule has 0 atom stereocenters. The van der Waals surface area contributed by atoms with E-state index in [4.69, 9.17) is 21.0 Å². The molecule has 212 valence electrons. The van der Waals surface area contributed by atoms with Crippen molar-refractivity contribution in [2.75, 3.05) is 50.7 Å². The molecular weight excluding hydrogens is 515 g/mol. The molecule has 39 heavy (non-hydrogen) atoms. The van der Waals surface area contributed by atoms with E-state index in [1.807, 2.05) is 42.5 Å². The van der Waals surface area contributed by atoms with E-state index >= 15 is 0 Å². The van der Waals surface area contributed by atoms with Crippen LogP contribution in [0.3, 0.4) is 0 Å². The van der Waals surface area contributed by atoms with Crippen molar-refractivity contribution in [2.45, 2.75) is 31.6 Å². The lowest BCUT2D eigenvalue weighted by Gasteiger charge is -2.47. The summed E-state index contributed by atoms with van der Waals surface area (Å²) in [5, 5.41) is 25.9. The van der Waals surface area contributed by atoms with Gasteiger partial charge in [0.05, 0.1) is 13.1 Å². The maximum absolute atomic E-state index is 11.6. The average molecular weight is 550 g/mol. The molecule has 0 unspecified atom stereocenters. The van der Waals surface area contributed by atoms with Crippen LogP contribution in [0, 0.1) is 5.41 Å². The molecule has 0 radical (unpaired) electrons. The molecule has 2 aliphatic rings. The van der Waals surface area contributed by atoms with E-state index in [1.54, 1.807) is 0 Å². The zero-order valence-electron chi connectivity index (χ0n) is 21.6. The first-order chi connectivity index (χ1) is 18.4. The maximum atomic E-state index is 11.6. The Morgan fingerprint density at radius 3 is 2.00 bits per heavy atom. The van der Waals surface area contributed by atoms with Crippen molar-refractivity contribution in [3.8, 4) is 0 Å². The molecule has 0 aromatic heterocycles. The summed E-state index contributed by atoms with van der Waals surface area (Å²) in [6.45, 7) is 6.84. The second-order valence-corrected chi connectivity index (χ2v) is 9.98. The Balaban J connectivity index is 0.000000532. The first-order valence-corrected chi connectivity index (χ1v) is 12.7. The number of hydrogen-bond donors (Lipinski definition) is 3. The number of amidine groups is 1. The van der Waals surface area contributed by atoms with Crippen LogP contribution >= 0.6 is 0 Å². The summed E-state index contributed by atoms with van der Waals surface area (Å²) in [4.78, 5) is 25.4. The van der Waals surface area contributed by atoms with Gasteiger partial charge in [0, 0.05) is 61.9 Å². The minimum absolute atomic E-state index is 0.100. The van der Waals surface area contributed by atoms with E-state index in [0.29, 0.717) is 10.5 Å². The summed E-state index contributed by atoms with van der Waals surface area (Å²) in [5.41, 5.74) is 8.72. The van der Waals surface area contributed by atoms with Crippen LogP contribution in [-0.2, 0) is 16.1 Å². The molecule has 2 aliphatic heterocycles. The minimum Gasteiger partial charge on any atom is -0.542 e. The number of quaternary nitrogens is 1. The first-order valence-electron chi connectivity index (χ1n) is 12.7. The third kappa shape index (κ3) is 8.69. The van der Waals surface area contributed by atoms with Gasteiger partial charge in [-0.1, -0.05) is 30.3 Å². The summed E-state index contributed by atoms with van der Waals surface area (Å²) in [5.74, 6) is -3.61. The number of aliphatic carboxylic acids is 2. The Bertz CT molecular complexity index is 1110. The molecule has 0 amide bonds. The number of carbonyl (C=O) groups excluding carboxylic acids is 1. The zero-order valence-corrected chi connectivity index (χ0v) is 21.6. The normalized spacial score (nSPS) is 21.9. The van der Waals surface area contributed by atoms with Gasteiger partial charge in [0.2, 0.25) is 0 Å². The number of nitrogens with zero attached hydrogens (tertiary/aromatic N) is 3. The number of piperazine rings is 1. The summed E-state index contributed by atoms with van der Waals surface area (Å²) in [7, 11) is 0. The van der Waals surface area contributed by atoms with Crippen LogP contribution in [0.2, 0.25) is 0 Å². The zero-order chi connectivity index (χ0) is 28.6. The Morgan fingerprint density at radius 2 is 1.54 bits per heavy atom. The molecule has 4 rings (SSSR count). The molecular formula is C27H34F3N5O4. The second-order valence-electron chi connectivity index (χ2n) is 9.98. The number of hydrogen-bond acceptors (Lipinski definition) is 6.